The topological polar surface area (TPSA) is 35.6 Å². The molecule has 8 heteroatoms. The Morgan fingerprint density at radius 3 is 2.52 bits per heavy atom. The molecule has 118 valence electrons. The minimum atomic E-state index is -4.10. The molecule has 0 N–H and O–H groups in total. The maximum absolute atomic E-state index is 12.2. The summed E-state index contributed by atoms with van der Waals surface area (Å²) < 4.78 is 40.2. The predicted molar refractivity (Wildman–Crippen MR) is 75.4 cm³/mol. The zero-order valence-corrected chi connectivity index (χ0v) is 13.0. The number of rotatable bonds is 5. The second-order valence-corrected chi connectivity index (χ2v) is 5.85. The van der Waals surface area contributed by atoms with Crippen molar-refractivity contribution in [2.45, 2.75) is 51.2 Å². The van der Waals surface area contributed by atoms with E-state index < -0.39 is 12.6 Å². The van der Waals surface area contributed by atoms with Gasteiger partial charge in [0.1, 0.15) is 11.3 Å². The zero-order valence-electron chi connectivity index (χ0n) is 12.2. The van der Waals surface area contributed by atoms with Gasteiger partial charge in [-0.1, -0.05) is 0 Å². The van der Waals surface area contributed by atoms with Crippen molar-refractivity contribution >= 4 is 22.8 Å². The largest absolute Gasteiger partial charge is 0.389 e. The minimum Gasteiger partial charge on any atom is -0.312 e. The number of alkyl halides is 4. The molecule has 0 saturated heterocycles. The number of nitrogens with zero attached hydrogens (tertiary/aromatic N) is 4. The van der Waals surface area contributed by atoms with Crippen LogP contribution in [0.4, 0.5) is 13.2 Å². The van der Waals surface area contributed by atoms with Crippen LogP contribution < -0.4 is 0 Å². The number of hydrogen-bond donors (Lipinski definition) is 0. The molecule has 0 amide bonds. The Bertz CT molecular complexity index is 627. The standard InChI is InChI=1S/C13H18ClF3N4/c1-8(14)11-18-10-9(2)19-20(3)12(10)21(11)7-5-4-6-13(15,16)17/h8H,4-7H2,1-3H3. The van der Waals surface area contributed by atoms with E-state index in [1.807, 2.05) is 11.5 Å². The molecule has 21 heavy (non-hydrogen) atoms. The lowest BCUT2D eigenvalue weighted by Gasteiger charge is -2.11. The van der Waals surface area contributed by atoms with Crippen molar-refractivity contribution in [1.29, 1.82) is 0 Å². The van der Waals surface area contributed by atoms with Gasteiger partial charge in [0.05, 0.1) is 11.1 Å². The van der Waals surface area contributed by atoms with Crippen LogP contribution >= 0.6 is 11.6 Å². The number of aryl methyl sites for hydroxylation is 3. The van der Waals surface area contributed by atoms with Gasteiger partial charge in [0.15, 0.2) is 5.65 Å². The summed E-state index contributed by atoms with van der Waals surface area (Å²) in [6, 6.07) is 0. The van der Waals surface area contributed by atoms with Crippen LogP contribution in [0.5, 0.6) is 0 Å². The Balaban J connectivity index is 2.22. The lowest BCUT2D eigenvalue weighted by molar-refractivity contribution is -0.135. The summed E-state index contributed by atoms with van der Waals surface area (Å²) in [5, 5.41) is 3.98. The molecule has 0 spiro atoms. The van der Waals surface area contributed by atoms with Gasteiger partial charge in [-0.15, -0.1) is 11.6 Å². The van der Waals surface area contributed by atoms with E-state index in [9.17, 15) is 13.2 Å². The first kappa shape index (κ1) is 16.1. The Kier molecular flexibility index (Phi) is 4.51. The third-order valence-electron chi connectivity index (χ3n) is 3.37. The molecule has 1 atom stereocenters. The summed E-state index contributed by atoms with van der Waals surface area (Å²) in [6.07, 6.45) is -4.35. The molecule has 4 nitrogen and oxygen atoms in total. The average molecular weight is 323 g/mol. The molecule has 0 aliphatic heterocycles. The zero-order chi connectivity index (χ0) is 15.8. The lowest BCUT2D eigenvalue weighted by atomic mass is 10.2. The number of unbranched alkanes of at least 4 members (excludes halogenated alkanes) is 1. The van der Waals surface area contributed by atoms with Gasteiger partial charge in [-0.05, 0) is 26.7 Å². The lowest BCUT2D eigenvalue weighted by Crippen LogP contribution is -2.10. The molecule has 2 aromatic rings. The smallest absolute Gasteiger partial charge is 0.312 e. The van der Waals surface area contributed by atoms with Gasteiger partial charge >= 0.3 is 6.18 Å². The number of imidazole rings is 1. The van der Waals surface area contributed by atoms with E-state index in [1.54, 1.807) is 18.7 Å². The van der Waals surface area contributed by atoms with Crippen molar-refractivity contribution in [2.24, 2.45) is 7.05 Å². The first-order chi connectivity index (χ1) is 9.70. The second kappa shape index (κ2) is 5.87. The molecular weight excluding hydrogens is 305 g/mol. The van der Waals surface area contributed by atoms with Crippen molar-refractivity contribution in [3.8, 4) is 0 Å². The number of fused-ring (bicyclic) bond motifs is 1. The van der Waals surface area contributed by atoms with E-state index in [0.717, 1.165) is 16.9 Å². The van der Waals surface area contributed by atoms with Crippen molar-refractivity contribution in [3.63, 3.8) is 0 Å². The van der Waals surface area contributed by atoms with Gasteiger partial charge < -0.3 is 4.57 Å². The van der Waals surface area contributed by atoms with Crippen LogP contribution in [-0.2, 0) is 13.6 Å². The van der Waals surface area contributed by atoms with Gasteiger partial charge in [-0.2, -0.15) is 18.3 Å². The van der Waals surface area contributed by atoms with Gasteiger partial charge in [0, 0.05) is 20.0 Å². The summed E-state index contributed by atoms with van der Waals surface area (Å²) in [5.74, 6) is 0.676. The van der Waals surface area contributed by atoms with Crippen LogP contribution in [0.15, 0.2) is 0 Å². The summed E-state index contributed by atoms with van der Waals surface area (Å²) in [6.45, 7) is 4.11. The van der Waals surface area contributed by atoms with Gasteiger partial charge in [-0.3, -0.25) is 4.68 Å². The van der Waals surface area contributed by atoms with Crippen LogP contribution in [0.25, 0.3) is 11.2 Å². The van der Waals surface area contributed by atoms with Crippen molar-refractivity contribution in [1.82, 2.24) is 19.3 Å². The van der Waals surface area contributed by atoms with Crippen LogP contribution in [0.1, 0.15) is 43.1 Å². The second-order valence-electron chi connectivity index (χ2n) is 5.19. The fourth-order valence-electron chi connectivity index (χ4n) is 2.47. The Hall–Kier alpha value is -1.24. The predicted octanol–water partition coefficient (Wildman–Crippen LogP) is 4.11. The van der Waals surface area contributed by atoms with Crippen molar-refractivity contribution in [3.05, 3.63) is 11.5 Å². The molecule has 0 saturated carbocycles. The van der Waals surface area contributed by atoms with E-state index in [1.165, 1.54) is 0 Å². The van der Waals surface area contributed by atoms with E-state index in [-0.39, 0.29) is 11.8 Å². The molecular formula is C13H18ClF3N4. The highest BCUT2D eigenvalue weighted by molar-refractivity contribution is 6.20. The number of aromatic nitrogens is 4. The molecule has 0 bridgehead atoms. The molecule has 2 aromatic heterocycles. The average Bonchev–Trinajstić information content (AvgIpc) is 2.84. The van der Waals surface area contributed by atoms with Gasteiger partial charge in [0.2, 0.25) is 0 Å². The molecule has 0 radical (unpaired) electrons. The monoisotopic (exact) mass is 322 g/mol. The minimum absolute atomic E-state index is 0.0934. The fraction of sp³-hybridized carbons (Fsp3) is 0.692. The van der Waals surface area contributed by atoms with Crippen LogP contribution in [-0.4, -0.2) is 25.5 Å². The SMILES string of the molecule is Cc1nn(C)c2c1nc(C(C)Cl)n2CCCCC(F)(F)F. The first-order valence-corrected chi connectivity index (χ1v) is 7.25. The molecule has 0 aliphatic rings. The number of hydrogen-bond acceptors (Lipinski definition) is 2. The number of halogens is 4. The molecule has 2 heterocycles. The highest BCUT2D eigenvalue weighted by Crippen LogP contribution is 2.27. The molecule has 2 rings (SSSR count). The Labute approximate surface area is 125 Å². The Morgan fingerprint density at radius 1 is 1.29 bits per heavy atom. The van der Waals surface area contributed by atoms with Crippen molar-refractivity contribution < 1.29 is 13.2 Å². The highest BCUT2D eigenvalue weighted by Gasteiger charge is 2.26. The summed E-state index contributed by atoms with van der Waals surface area (Å²) >= 11 is 6.13. The maximum atomic E-state index is 12.2. The van der Waals surface area contributed by atoms with Gasteiger partial charge in [0.25, 0.3) is 0 Å². The first-order valence-electron chi connectivity index (χ1n) is 6.81. The molecule has 0 fully saturated rings. The summed E-state index contributed by atoms with van der Waals surface area (Å²) in [4.78, 5) is 4.49. The maximum Gasteiger partial charge on any atom is 0.389 e. The normalized spacial score (nSPS) is 14.0. The third-order valence-corrected chi connectivity index (χ3v) is 3.56. The molecule has 0 aliphatic carbocycles. The van der Waals surface area contributed by atoms with Crippen molar-refractivity contribution in [2.75, 3.05) is 0 Å². The van der Waals surface area contributed by atoms with E-state index >= 15 is 0 Å². The van der Waals surface area contributed by atoms with E-state index in [0.29, 0.717) is 18.8 Å². The van der Waals surface area contributed by atoms with Gasteiger partial charge in [-0.25, -0.2) is 4.98 Å². The summed E-state index contributed by atoms with van der Waals surface area (Å²) in [7, 11) is 1.80. The quantitative estimate of drug-likeness (QED) is 0.613. The van der Waals surface area contributed by atoms with E-state index in [2.05, 4.69) is 10.1 Å². The highest BCUT2D eigenvalue weighted by atomic mass is 35.5. The van der Waals surface area contributed by atoms with Crippen LogP contribution in [0.2, 0.25) is 0 Å². The van der Waals surface area contributed by atoms with Crippen LogP contribution in [0, 0.1) is 6.92 Å². The molecule has 1 unspecified atom stereocenters. The summed E-state index contributed by atoms with van der Waals surface area (Å²) in [5.41, 5.74) is 2.36. The Morgan fingerprint density at radius 2 is 1.95 bits per heavy atom. The third kappa shape index (κ3) is 3.51. The molecule has 0 aromatic carbocycles. The fourth-order valence-corrected chi connectivity index (χ4v) is 2.64. The van der Waals surface area contributed by atoms with Crippen LogP contribution in [0.3, 0.4) is 0 Å². The van der Waals surface area contributed by atoms with E-state index in [4.69, 9.17) is 11.6 Å².